The zero-order valence-corrected chi connectivity index (χ0v) is 36.8. The van der Waals surface area contributed by atoms with E-state index in [9.17, 15) is 14.4 Å². The zero-order valence-electron chi connectivity index (χ0n) is 36.8. The van der Waals surface area contributed by atoms with Crippen molar-refractivity contribution >= 4 is 61.5 Å². The molecule has 9 atom stereocenters. The van der Waals surface area contributed by atoms with E-state index in [0.717, 1.165) is 98.5 Å². The highest BCUT2D eigenvalue weighted by Crippen LogP contribution is 2.54. The standard InChI is InChI=1S/C51H54N8O5/c1-26(2)42(52-27(3)63-4)49(60)58-35-16-11-33(23-35)46(58)48-54-39-20-15-32-22-30(13-18-37(32)45(39)56-48)29-12-17-36-31(21-29)14-19-38-44(36)55-47(53-38)41-25-34-24-40(34)59(41)50(61)43(57-51(62)64-5)28-9-7-6-8-10-28/h6-10,12-15,17-22,26-27,33-35,40-43,46,52H,11,16,23-25H2,1-5H3,(H,53,55)(H,54,56)(H,57,62)/t27?,33-,34+,35+,40+,41-,42-,43+,46-/m0/s1. The number of aromatic nitrogens is 4. The number of nitrogens with one attached hydrogen (secondary N) is 4. The smallest absolute Gasteiger partial charge is 0.407 e. The highest BCUT2D eigenvalue weighted by atomic mass is 16.5. The molecule has 1 unspecified atom stereocenters. The Labute approximate surface area is 371 Å². The molecule has 3 amide bonds. The first-order valence-electron chi connectivity index (χ1n) is 22.8. The van der Waals surface area contributed by atoms with Gasteiger partial charge in [0.2, 0.25) is 5.91 Å². The Bertz CT molecular complexity index is 2960. The van der Waals surface area contributed by atoms with E-state index in [1.54, 1.807) is 7.11 Å². The van der Waals surface area contributed by atoms with Crippen LogP contribution < -0.4 is 10.6 Å². The lowest BCUT2D eigenvalue weighted by atomic mass is 9.95. The molecule has 2 saturated heterocycles. The van der Waals surface area contributed by atoms with Crippen molar-refractivity contribution in [2.75, 3.05) is 14.2 Å². The number of imidazole rings is 2. The number of rotatable bonds is 11. The van der Waals surface area contributed by atoms with Crippen molar-refractivity contribution in [2.45, 2.75) is 95.4 Å². The predicted octanol–water partition coefficient (Wildman–Crippen LogP) is 8.83. The summed E-state index contributed by atoms with van der Waals surface area (Å²) in [6.07, 6.45) is 4.02. The average Bonchev–Trinajstić information content (AvgIpc) is 3.91. The topological polar surface area (TPSA) is 158 Å². The molecule has 0 spiro atoms. The van der Waals surface area contributed by atoms with Crippen molar-refractivity contribution in [3.63, 3.8) is 0 Å². The van der Waals surface area contributed by atoms with Crippen LogP contribution >= 0.6 is 0 Å². The third kappa shape index (κ3) is 6.78. The van der Waals surface area contributed by atoms with Crippen LogP contribution in [0.15, 0.2) is 91.0 Å². The van der Waals surface area contributed by atoms with Crippen LogP contribution in [0.1, 0.15) is 88.2 Å². The molecule has 328 valence electrons. The lowest BCUT2D eigenvalue weighted by molar-refractivity contribution is -0.140. The van der Waals surface area contributed by atoms with Crippen molar-refractivity contribution in [1.29, 1.82) is 0 Å². The molecule has 4 fully saturated rings. The van der Waals surface area contributed by atoms with E-state index < -0.39 is 12.1 Å². The third-order valence-corrected chi connectivity index (χ3v) is 14.6. The minimum Gasteiger partial charge on any atom is -0.453 e. The third-order valence-electron chi connectivity index (χ3n) is 14.6. The maximum Gasteiger partial charge on any atom is 0.407 e. The first-order chi connectivity index (χ1) is 31.1. The van der Waals surface area contributed by atoms with Crippen molar-refractivity contribution in [3.05, 3.63) is 108 Å². The van der Waals surface area contributed by atoms with Crippen LogP contribution in [-0.4, -0.2) is 86.2 Å². The highest BCUT2D eigenvalue weighted by Gasteiger charge is 2.56. The molecule has 7 aromatic rings. The fourth-order valence-electron chi connectivity index (χ4n) is 11.3. The molecule has 13 nitrogen and oxygen atoms in total. The van der Waals surface area contributed by atoms with Gasteiger partial charge in [0.05, 0.1) is 47.3 Å². The molecule has 2 aromatic heterocycles. The normalized spacial score (nSPS) is 23.9. The molecular weight excluding hydrogens is 805 g/mol. The first-order valence-corrected chi connectivity index (χ1v) is 22.8. The van der Waals surface area contributed by atoms with Gasteiger partial charge in [0.25, 0.3) is 5.91 Å². The summed E-state index contributed by atoms with van der Waals surface area (Å²) in [4.78, 5) is 62.7. The average molecular weight is 859 g/mol. The van der Waals surface area contributed by atoms with Gasteiger partial charge in [0, 0.05) is 30.0 Å². The van der Waals surface area contributed by atoms with Crippen LogP contribution in [0.3, 0.4) is 0 Å². The summed E-state index contributed by atoms with van der Waals surface area (Å²) in [6.45, 7) is 6.11. The maximum atomic E-state index is 14.3. The van der Waals surface area contributed by atoms with Crippen molar-refractivity contribution in [1.82, 2.24) is 40.4 Å². The molecule has 2 bridgehead atoms. The van der Waals surface area contributed by atoms with Crippen LogP contribution in [0.5, 0.6) is 0 Å². The quantitative estimate of drug-likeness (QED) is 0.0941. The highest BCUT2D eigenvalue weighted by molar-refractivity contribution is 6.07. The van der Waals surface area contributed by atoms with Crippen LogP contribution in [0, 0.1) is 17.8 Å². The van der Waals surface area contributed by atoms with Gasteiger partial charge in [0.15, 0.2) is 0 Å². The van der Waals surface area contributed by atoms with Gasteiger partial charge in [-0.2, -0.15) is 0 Å². The number of amides is 3. The second-order valence-corrected chi connectivity index (χ2v) is 18.8. The van der Waals surface area contributed by atoms with Gasteiger partial charge in [-0.05, 0) is 109 Å². The molecule has 11 rings (SSSR count). The van der Waals surface area contributed by atoms with Gasteiger partial charge < -0.3 is 34.6 Å². The molecule has 2 saturated carbocycles. The number of likely N-dealkylation sites (tertiary alicyclic amines) is 2. The number of ether oxygens (including phenoxy) is 2. The Hall–Kier alpha value is -6.31. The number of aromatic amines is 2. The Kier molecular flexibility index (Phi) is 9.95. The van der Waals surface area contributed by atoms with E-state index >= 15 is 0 Å². The Morgan fingerprint density at radius 2 is 1.38 bits per heavy atom. The molecule has 4 aliphatic rings. The number of hydrogen-bond acceptors (Lipinski definition) is 8. The summed E-state index contributed by atoms with van der Waals surface area (Å²) >= 11 is 0. The number of H-pyrrole nitrogens is 2. The second-order valence-electron chi connectivity index (χ2n) is 18.8. The van der Waals surface area contributed by atoms with E-state index in [1.165, 1.54) is 7.11 Å². The number of carbonyl (C=O) groups excluding carboxylic acids is 3. The molecule has 5 aromatic carbocycles. The largest absolute Gasteiger partial charge is 0.453 e. The van der Waals surface area contributed by atoms with E-state index in [2.05, 4.69) is 93.9 Å². The maximum absolute atomic E-state index is 14.3. The minimum absolute atomic E-state index is 0.0866. The number of piperidine rings is 2. The lowest BCUT2D eigenvalue weighted by Gasteiger charge is -2.38. The van der Waals surface area contributed by atoms with Crippen molar-refractivity contribution in [2.24, 2.45) is 17.8 Å². The van der Waals surface area contributed by atoms with Gasteiger partial charge in [-0.25, -0.2) is 14.8 Å². The molecule has 4 heterocycles. The van der Waals surface area contributed by atoms with Crippen molar-refractivity contribution < 1.29 is 23.9 Å². The van der Waals surface area contributed by atoms with E-state index in [0.29, 0.717) is 17.4 Å². The van der Waals surface area contributed by atoms with Gasteiger partial charge in [-0.3, -0.25) is 14.9 Å². The van der Waals surface area contributed by atoms with Crippen LogP contribution in [0.4, 0.5) is 4.79 Å². The number of methoxy groups -OCH3 is 2. The molecular formula is C51H54N8O5. The lowest BCUT2D eigenvalue weighted by Crippen LogP contribution is -2.54. The second kappa shape index (κ2) is 15.7. The summed E-state index contributed by atoms with van der Waals surface area (Å²) in [6, 6.07) is 29.6. The monoisotopic (exact) mass is 858 g/mol. The summed E-state index contributed by atoms with van der Waals surface area (Å²) in [5.74, 6) is 2.49. The number of hydrogen-bond donors (Lipinski definition) is 4. The Morgan fingerprint density at radius 1 is 0.719 bits per heavy atom. The minimum atomic E-state index is -0.872. The summed E-state index contributed by atoms with van der Waals surface area (Å²) < 4.78 is 10.4. The predicted molar refractivity (Wildman–Crippen MR) is 246 cm³/mol. The number of benzene rings is 5. The molecule has 4 N–H and O–H groups in total. The summed E-state index contributed by atoms with van der Waals surface area (Å²) in [7, 11) is 2.97. The van der Waals surface area contributed by atoms with Crippen LogP contribution in [0.25, 0.3) is 54.7 Å². The SMILES string of the molecule is COC(=O)N[C@@H](C(=O)N1[C@@H]2C[C@@H]2C[C@H]1c1nc2ccc3cc(-c4ccc5c(ccc6nc([C@@H]7[C@H]8CC[C@H](C8)N7C(=O)[C@@H](NC(C)OC)C(C)C)[nH]c65)c4)ccc3c2[nH]1)c1ccccc1. The molecule has 13 heteroatoms. The molecule has 64 heavy (non-hydrogen) atoms. The van der Waals surface area contributed by atoms with Crippen LogP contribution in [-0.2, 0) is 19.1 Å². The van der Waals surface area contributed by atoms with Gasteiger partial charge >= 0.3 is 6.09 Å². The first kappa shape index (κ1) is 40.5. The zero-order chi connectivity index (χ0) is 44.0. The molecule has 0 radical (unpaired) electrons. The summed E-state index contributed by atoms with van der Waals surface area (Å²) in [5.41, 5.74) is 6.59. The van der Waals surface area contributed by atoms with Gasteiger partial charge in [-0.1, -0.05) is 80.6 Å². The fourth-order valence-corrected chi connectivity index (χ4v) is 11.3. The van der Waals surface area contributed by atoms with Gasteiger partial charge in [-0.15, -0.1) is 0 Å². The number of alkyl carbamates (subject to hydrolysis) is 1. The Balaban J connectivity index is 0.871. The number of nitrogens with zero attached hydrogens (tertiary/aromatic N) is 4. The van der Waals surface area contributed by atoms with E-state index in [1.807, 2.05) is 48.2 Å². The molecule has 2 aliphatic carbocycles. The number of carbonyl (C=O) groups is 3. The fraction of sp³-hybridized carbons (Fsp3) is 0.392. The number of fused-ring (bicyclic) bond motifs is 9. The van der Waals surface area contributed by atoms with E-state index in [4.69, 9.17) is 19.4 Å². The van der Waals surface area contributed by atoms with Crippen LogP contribution in [0.2, 0.25) is 0 Å². The van der Waals surface area contributed by atoms with E-state index in [-0.39, 0.29) is 54.2 Å². The van der Waals surface area contributed by atoms with Gasteiger partial charge in [0.1, 0.15) is 23.9 Å². The van der Waals surface area contributed by atoms with Crippen molar-refractivity contribution in [3.8, 4) is 11.1 Å². The molecule has 2 aliphatic heterocycles. The Morgan fingerprint density at radius 3 is 2.02 bits per heavy atom. The summed E-state index contributed by atoms with van der Waals surface area (Å²) in [5, 5.41) is 10.5.